The molecule has 1 aliphatic rings. The van der Waals surface area contributed by atoms with Crippen molar-refractivity contribution in [3.8, 4) is 11.5 Å². The van der Waals surface area contributed by atoms with E-state index >= 15 is 0 Å². The predicted molar refractivity (Wildman–Crippen MR) is 101 cm³/mol. The van der Waals surface area contributed by atoms with Gasteiger partial charge in [-0.1, -0.05) is 6.07 Å². The molecule has 1 aromatic heterocycles. The number of anilines is 1. The van der Waals surface area contributed by atoms with Crippen LogP contribution >= 0.6 is 0 Å². The Morgan fingerprint density at radius 3 is 2.81 bits per heavy atom. The average molecular weight is 369 g/mol. The number of methoxy groups -OCH3 is 1. The predicted octanol–water partition coefficient (Wildman–Crippen LogP) is 2.60. The summed E-state index contributed by atoms with van der Waals surface area (Å²) in [5, 5.41) is 12.8. The molecule has 7 heteroatoms. The van der Waals surface area contributed by atoms with Gasteiger partial charge in [0.1, 0.15) is 17.3 Å². The largest absolute Gasteiger partial charge is 0.507 e. The Bertz CT molecular complexity index is 836. The molecule has 1 aromatic carbocycles. The third kappa shape index (κ3) is 4.36. The average Bonchev–Trinajstić information content (AvgIpc) is 2.69. The van der Waals surface area contributed by atoms with Crippen molar-refractivity contribution in [3.63, 3.8) is 0 Å². The highest BCUT2D eigenvalue weighted by Crippen LogP contribution is 2.27. The third-order valence-corrected chi connectivity index (χ3v) is 4.68. The number of hydrogen-bond acceptors (Lipinski definition) is 5. The lowest BCUT2D eigenvalue weighted by Gasteiger charge is -2.32. The fourth-order valence-corrected chi connectivity index (χ4v) is 3.13. The highest BCUT2D eigenvalue weighted by molar-refractivity contribution is 5.98. The molecule has 0 aliphatic carbocycles. The Hall–Kier alpha value is -3.09. The maximum atomic E-state index is 12.8. The van der Waals surface area contributed by atoms with E-state index in [1.165, 1.54) is 19.2 Å². The lowest BCUT2D eigenvalue weighted by Crippen LogP contribution is -2.43. The van der Waals surface area contributed by atoms with Crippen LogP contribution in [0.3, 0.4) is 0 Å². The molecule has 1 unspecified atom stereocenters. The second kappa shape index (κ2) is 8.07. The number of likely N-dealkylation sites (tertiary alicyclic amines) is 1. The zero-order chi connectivity index (χ0) is 19.4. The van der Waals surface area contributed by atoms with Crippen LogP contribution in [0.4, 0.5) is 5.82 Å². The van der Waals surface area contributed by atoms with Crippen LogP contribution in [0.1, 0.15) is 28.8 Å². The summed E-state index contributed by atoms with van der Waals surface area (Å²) in [4.78, 5) is 31.2. The van der Waals surface area contributed by atoms with E-state index in [9.17, 15) is 14.7 Å². The number of ether oxygens (including phenoxy) is 1. The van der Waals surface area contributed by atoms with E-state index in [1.54, 1.807) is 23.2 Å². The highest BCUT2D eigenvalue weighted by Gasteiger charge is 2.30. The second-order valence-corrected chi connectivity index (χ2v) is 6.68. The molecule has 2 heterocycles. The number of rotatable bonds is 4. The number of amides is 2. The number of carbonyl (C=O) groups is 2. The van der Waals surface area contributed by atoms with Crippen molar-refractivity contribution in [2.24, 2.45) is 5.92 Å². The minimum atomic E-state index is -0.321. The van der Waals surface area contributed by atoms with E-state index < -0.39 is 0 Å². The number of phenolic OH excluding ortho intramolecular Hbond substituents is 1. The Labute approximate surface area is 158 Å². The number of benzene rings is 1. The molecule has 0 bridgehead atoms. The summed E-state index contributed by atoms with van der Waals surface area (Å²) in [5.41, 5.74) is 1.19. The van der Waals surface area contributed by atoms with Crippen LogP contribution in [0.5, 0.6) is 11.5 Å². The normalized spacial score (nSPS) is 16.7. The fourth-order valence-electron chi connectivity index (χ4n) is 3.13. The molecule has 3 rings (SSSR count). The van der Waals surface area contributed by atoms with Gasteiger partial charge in [0, 0.05) is 19.3 Å². The molecule has 7 nitrogen and oxygen atoms in total. The SMILES string of the molecule is COc1ccc(O)c(C(=O)N2CCCC(C(=O)Nc3ccc(C)cn3)C2)c1. The van der Waals surface area contributed by atoms with Gasteiger partial charge in [-0.15, -0.1) is 0 Å². The van der Waals surface area contributed by atoms with Crippen LogP contribution in [-0.4, -0.2) is 47.0 Å². The number of aryl methyl sites for hydroxylation is 1. The molecule has 0 saturated carbocycles. The molecule has 2 N–H and O–H groups in total. The maximum absolute atomic E-state index is 12.8. The number of pyridine rings is 1. The maximum Gasteiger partial charge on any atom is 0.257 e. The molecule has 1 saturated heterocycles. The van der Waals surface area contributed by atoms with E-state index in [1.807, 2.05) is 13.0 Å². The summed E-state index contributed by atoms with van der Waals surface area (Å²) in [6, 6.07) is 8.17. The number of aromatic hydroxyl groups is 1. The smallest absolute Gasteiger partial charge is 0.257 e. The Balaban J connectivity index is 1.69. The summed E-state index contributed by atoms with van der Waals surface area (Å²) in [5.74, 6) is 0.109. The summed E-state index contributed by atoms with van der Waals surface area (Å²) in [6.45, 7) is 2.77. The zero-order valence-corrected chi connectivity index (χ0v) is 15.4. The van der Waals surface area contributed by atoms with E-state index in [0.717, 1.165) is 12.0 Å². The summed E-state index contributed by atoms with van der Waals surface area (Å²) in [6.07, 6.45) is 3.11. The third-order valence-electron chi connectivity index (χ3n) is 4.68. The molecule has 1 fully saturated rings. The van der Waals surface area contributed by atoms with Crippen molar-refractivity contribution in [2.45, 2.75) is 19.8 Å². The molecule has 27 heavy (non-hydrogen) atoms. The van der Waals surface area contributed by atoms with E-state index in [0.29, 0.717) is 31.1 Å². The van der Waals surface area contributed by atoms with Gasteiger partial charge in [0.2, 0.25) is 5.91 Å². The van der Waals surface area contributed by atoms with Gasteiger partial charge < -0.3 is 20.1 Å². The van der Waals surface area contributed by atoms with Crippen LogP contribution in [0.2, 0.25) is 0 Å². The first kappa shape index (κ1) is 18.7. The lowest BCUT2D eigenvalue weighted by molar-refractivity contribution is -0.121. The van der Waals surface area contributed by atoms with E-state index in [4.69, 9.17) is 4.74 Å². The van der Waals surface area contributed by atoms with Gasteiger partial charge in [-0.2, -0.15) is 0 Å². The second-order valence-electron chi connectivity index (χ2n) is 6.68. The minimum Gasteiger partial charge on any atom is -0.507 e. The van der Waals surface area contributed by atoms with Gasteiger partial charge in [-0.05, 0) is 49.6 Å². The Kier molecular flexibility index (Phi) is 5.59. The van der Waals surface area contributed by atoms with Crippen molar-refractivity contribution in [1.29, 1.82) is 0 Å². The zero-order valence-electron chi connectivity index (χ0n) is 15.4. The van der Waals surface area contributed by atoms with Crippen LogP contribution in [0.15, 0.2) is 36.5 Å². The molecule has 2 aromatic rings. The number of phenols is 1. The first-order valence-electron chi connectivity index (χ1n) is 8.87. The molecule has 1 aliphatic heterocycles. The van der Waals surface area contributed by atoms with Crippen molar-refractivity contribution >= 4 is 17.6 Å². The number of piperidine rings is 1. The van der Waals surface area contributed by atoms with Gasteiger partial charge in [0.15, 0.2) is 0 Å². The van der Waals surface area contributed by atoms with Gasteiger partial charge in [-0.25, -0.2) is 4.98 Å². The van der Waals surface area contributed by atoms with Crippen molar-refractivity contribution < 1.29 is 19.4 Å². The molecular weight excluding hydrogens is 346 g/mol. The topological polar surface area (TPSA) is 91.8 Å². The summed E-state index contributed by atoms with van der Waals surface area (Å²) >= 11 is 0. The summed E-state index contributed by atoms with van der Waals surface area (Å²) in [7, 11) is 1.50. The Morgan fingerprint density at radius 2 is 2.11 bits per heavy atom. The number of nitrogens with one attached hydrogen (secondary N) is 1. The highest BCUT2D eigenvalue weighted by atomic mass is 16.5. The molecular formula is C20H23N3O4. The number of nitrogens with zero attached hydrogens (tertiary/aromatic N) is 2. The minimum absolute atomic E-state index is 0.101. The van der Waals surface area contributed by atoms with Crippen LogP contribution in [0.25, 0.3) is 0 Å². The van der Waals surface area contributed by atoms with Crippen molar-refractivity contribution in [1.82, 2.24) is 9.88 Å². The first-order valence-corrected chi connectivity index (χ1v) is 8.87. The quantitative estimate of drug-likeness (QED) is 0.864. The standard InChI is InChI=1S/C20H23N3O4/c1-13-5-8-18(21-11-13)22-19(25)14-4-3-9-23(12-14)20(26)16-10-15(27-2)6-7-17(16)24/h5-8,10-11,14,24H,3-4,9,12H2,1-2H3,(H,21,22,25). The monoisotopic (exact) mass is 369 g/mol. The van der Waals surface area contributed by atoms with Crippen LogP contribution in [-0.2, 0) is 4.79 Å². The molecule has 1 atom stereocenters. The molecule has 0 spiro atoms. The van der Waals surface area contributed by atoms with E-state index in [2.05, 4.69) is 10.3 Å². The first-order chi connectivity index (χ1) is 13.0. The molecule has 142 valence electrons. The van der Waals surface area contributed by atoms with Gasteiger partial charge in [0.25, 0.3) is 5.91 Å². The van der Waals surface area contributed by atoms with Gasteiger partial charge in [0.05, 0.1) is 18.6 Å². The number of carbonyl (C=O) groups excluding carboxylic acids is 2. The molecule has 2 amide bonds. The van der Waals surface area contributed by atoms with Crippen molar-refractivity contribution in [2.75, 3.05) is 25.5 Å². The summed E-state index contributed by atoms with van der Waals surface area (Å²) < 4.78 is 5.13. The van der Waals surface area contributed by atoms with E-state index in [-0.39, 0.29) is 29.0 Å². The fraction of sp³-hybridized carbons (Fsp3) is 0.350. The van der Waals surface area contributed by atoms with Crippen molar-refractivity contribution in [3.05, 3.63) is 47.7 Å². The van der Waals surface area contributed by atoms with Crippen LogP contribution < -0.4 is 10.1 Å². The number of aromatic nitrogens is 1. The van der Waals surface area contributed by atoms with Gasteiger partial charge in [-0.3, -0.25) is 9.59 Å². The Morgan fingerprint density at radius 1 is 1.30 bits per heavy atom. The lowest BCUT2D eigenvalue weighted by atomic mass is 9.96. The molecule has 0 radical (unpaired) electrons. The van der Waals surface area contributed by atoms with Crippen LogP contribution in [0, 0.1) is 12.8 Å². The number of hydrogen-bond donors (Lipinski definition) is 2. The van der Waals surface area contributed by atoms with Gasteiger partial charge >= 0.3 is 0 Å².